The highest BCUT2D eigenvalue weighted by molar-refractivity contribution is 7.80. The minimum atomic E-state index is -0.628. The first-order valence-electron chi connectivity index (χ1n) is 8.83. The van der Waals surface area contributed by atoms with Crippen LogP contribution in [0.5, 0.6) is 11.5 Å². The topological polar surface area (TPSA) is 68.8 Å². The molecule has 0 unspecified atom stereocenters. The summed E-state index contributed by atoms with van der Waals surface area (Å²) in [5, 5.41) is 6.47. The molecule has 0 amide bonds. The first-order chi connectivity index (χ1) is 13.6. The Balaban J connectivity index is 1.64. The number of hydrogen-bond donors (Lipinski definition) is 2. The van der Waals surface area contributed by atoms with E-state index in [-0.39, 0.29) is 19.3 Å². The molecule has 1 saturated heterocycles. The average molecular weight is 398 g/mol. The van der Waals surface area contributed by atoms with Gasteiger partial charge in [0, 0.05) is 5.70 Å². The van der Waals surface area contributed by atoms with Gasteiger partial charge in [-0.15, -0.1) is 0 Å². The minimum Gasteiger partial charge on any atom is -0.497 e. The Bertz CT molecular complexity index is 839. The summed E-state index contributed by atoms with van der Waals surface area (Å²) >= 11 is 5.23. The van der Waals surface area contributed by atoms with Crippen LogP contribution in [0.3, 0.4) is 0 Å². The number of methoxy groups -OCH3 is 1. The molecule has 0 radical (unpaired) electrons. The largest absolute Gasteiger partial charge is 0.497 e. The summed E-state index contributed by atoms with van der Waals surface area (Å²) in [7, 11) is 1.60. The van der Waals surface area contributed by atoms with Gasteiger partial charge >= 0.3 is 5.97 Å². The van der Waals surface area contributed by atoms with Gasteiger partial charge < -0.3 is 24.8 Å². The van der Waals surface area contributed by atoms with Gasteiger partial charge in [0.15, 0.2) is 5.11 Å². The summed E-state index contributed by atoms with van der Waals surface area (Å²) < 4.78 is 16.2. The summed E-state index contributed by atoms with van der Waals surface area (Å²) in [6.45, 7) is 4.36. The lowest BCUT2D eigenvalue weighted by atomic mass is 9.89. The molecule has 7 heteroatoms. The van der Waals surface area contributed by atoms with Crippen LogP contribution < -0.4 is 20.1 Å². The zero-order valence-corrected chi connectivity index (χ0v) is 16.3. The van der Waals surface area contributed by atoms with E-state index in [0.29, 0.717) is 10.8 Å². The van der Waals surface area contributed by atoms with Crippen LogP contribution in [0.15, 0.2) is 66.9 Å². The molecule has 1 aliphatic rings. The average Bonchev–Trinajstić information content (AvgIpc) is 2.71. The van der Waals surface area contributed by atoms with E-state index >= 15 is 0 Å². The molecule has 0 saturated carbocycles. The molecule has 2 atom stereocenters. The summed E-state index contributed by atoms with van der Waals surface area (Å²) in [6, 6.07) is 16.4. The zero-order valence-electron chi connectivity index (χ0n) is 15.5. The van der Waals surface area contributed by atoms with Crippen LogP contribution in [-0.4, -0.2) is 31.4 Å². The predicted octanol–water partition coefficient (Wildman–Crippen LogP) is 2.97. The van der Waals surface area contributed by atoms with Gasteiger partial charge in [-0.25, -0.2) is 0 Å². The van der Waals surface area contributed by atoms with E-state index in [4.69, 9.17) is 26.4 Å². The molecule has 1 aliphatic heterocycles. The minimum absolute atomic E-state index is 0.136. The molecule has 2 N–H and O–H groups in total. The molecule has 28 heavy (non-hydrogen) atoms. The molecule has 1 heterocycles. The van der Waals surface area contributed by atoms with Crippen molar-refractivity contribution >= 4 is 23.3 Å². The highest BCUT2D eigenvalue weighted by Crippen LogP contribution is 2.31. The number of hydrogen-bond acceptors (Lipinski definition) is 5. The van der Waals surface area contributed by atoms with E-state index in [1.165, 1.54) is 0 Å². The number of benzene rings is 2. The molecule has 146 valence electrons. The monoisotopic (exact) mass is 398 g/mol. The normalized spacial score (nSPS) is 18.6. The van der Waals surface area contributed by atoms with Gasteiger partial charge in [0.1, 0.15) is 30.6 Å². The Morgan fingerprint density at radius 3 is 2.46 bits per heavy atom. The van der Waals surface area contributed by atoms with Gasteiger partial charge in [0.05, 0.1) is 13.2 Å². The quantitative estimate of drug-likeness (QED) is 0.422. The van der Waals surface area contributed by atoms with Crippen LogP contribution in [0.2, 0.25) is 0 Å². The molecule has 2 aromatic rings. The number of rotatable bonds is 7. The number of nitrogens with one attached hydrogen (secondary N) is 2. The SMILES string of the molecule is C=C1NC(=S)N[C@@H](c2ccc(OC)cc2)[C@H]1C(=O)OCCOc1ccccc1. The van der Waals surface area contributed by atoms with Crippen molar-refractivity contribution in [2.24, 2.45) is 5.92 Å². The molecule has 3 rings (SSSR count). The Hall–Kier alpha value is -3.06. The molecular formula is C21H22N2O4S. The van der Waals surface area contributed by atoms with E-state index in [0.717, 1.165) is 17.1 Å². The molecule has 6 nitrogen and oxygen atoms in total. The van der Waals surface area contributed by atoms with Crippen LogP contribution in [-0.2, 0) is 9.53 Å². The fourth-order valence-corrected chi connectivity index (χ4v) is 3.22. The lowest BCUT2D eigenvalue weighted by Crippen LogP contribution is -2.51. The van der Waals surface area contributed by atoms with E-state index in [1.807, 2.05) is 54.6 Å². The smallest absolute Gasteiger partial charge is 0.317 e. The molecule has 0 spiro atoms. The number of para-hydroxylation sites is 1. The van der Waals surface area contributed by atoms with E-state index in [1.54, 1.807) is 7.11 Å². The fourth-order valence-electron chi connectivity index (χ4n) is 2.96. The third-order valence-corrected chi connectivity index (χ3v) is 4.56. The van der Waals surface area contributed by atoms with Gasteiger partial charge in [-0.05, 0) is 42.0 Å². The van der Waals surface area contributed by atoms with Gasteiger partial charge in [-0.2, -0.15) is 0 Å². The molecule has 0 bridgehead atoms. The second-order valence-electron chi connectivity index (χ2n) is 6.18. The van der Waals surface area contributed by atoms with Crippen LogP contribution in [0.25, 0.3) is 0 Å². The summed E-state index contributed by atoms with van der Waals surface area (Å²) in [4.78, 5) is 12.7. The third kappa shape index (κ3) is 4.80. The number of carbonyl (C=O) groups excluding carboxylic acids is 1. The van der Waals surface area contributed by atoms with Crippen molar-refractivity contribution in [1.82, 2.24) is 10.6 Å². The van der Waals surface area contributed by atoms with Crippen molar-refractivity contribution < 1.29 is 19.0 Å². The van der Waals surface area contributed by atoms with E-state index in [9.17, 15) is 4.79 Å². The van der Waals surface area contributed by atoms with Crippen LogP contribution in [0.4, 0.5) is 0 Å². The maximum Gasteiger partial charge on any atom is 0.317 e. The Kier molecular flexibility index (Phi) is 6.49. The molecule has 0 aromatic heterocycles. The maximum absolute atomic E-state index is 12.7. The first-order valence-corrected chi connectivity index (χ1v) is 9.24. The van der Waals surface area contributed by atoms with Crippen LogP contribution >= 0.6 is 12.2 Å². The highest BCUT2D eigenvalue weighted by Gasteiger charge is 2.37. The standard InChI is InChI=1S/C21H22N2O4S/c1-14-18(20(24)27-13-12-26-17-6-4-3-5-7-17)19(23-21(28)22-14)15-8-10-16(25-2)11-9-15/h3-11,18-19H,1,12-13H2,2H3,(H2,22,23,28)/t18-,19-/m0/s1. The van der Waals surface area contributed by atoms with E-state index in [2.05, 4.69) is 17.2 Å². The molecule has 0 aliphatic carbocycles. The zero-order chi connectivity index (χ0) is 19.9. The van der Waals surface area contributed by atoms with Gasteiger partial charge in [0.25, 0.3) is 0 Å². The fraction of sp³-hybridized carbons (Fsp3) is 0.238. The Morgan fingerprint density at radius 1 is 1.07 bits per heavy atom. The van der Waals surface area contributed by atoms with Crippen molar-refractivity contribution in [3.63, 3.8) is 0 Å². The van der Waals surface area contributed by atoms with Gasteiger partial charge in [-0.1, -0.05) is 36.9 Å². The molecular weight excluding hydrogens is 376 g/mol. The number of thiocarbonyl (C=S) groups is 1. The second kappa shape index (κ2) is 9.23. The van der Waals surface area contributed by atoms with Crippen LogP contribution in [0, 0.1) is 5.92 Å². The highest BCUT2D eigenvalue weighted by atomic mass is 32.1. The Morgan fingerprint density at radius 2 is 1.79 bits per heavy atom. The number of carbonyl (C=O) groups is 1. The van der Waals surface area contributed by atoms with Gasteiger partial charge in [0.2, 0.25) is 0 Å². The predicted molar refractivity (Wildman–Crippen MR) is 110 cm³/mol. The molecule has 1 fully saturated rings. The van der Waals surface area contributed by atoms with Crippen molar-refractivity contribution in [3.05, 3.63) is 72.4 Å². The maximum atomic E-state index is 12.7. The lowest BCUT2D eigenvalue weighted by molar-refractivity contribution is -0.149. The molecule has 2 aromatic carbocycles. The summed E-state index contributed by atoms with van der Waals surface area (Å²) in [5.41, 5.74) is 1.38. The van der Waals surface area contributed by atoms with E-state index < -0.39 is 11.9 Å². The third-order valence-electron chi connectivity index (χ3n) is 4.34. The second-order valence-corrected chi connectivity index (χ2v) is 6.59. The van der Waals surface area contributed by atoms with Crippen molar-refractivity contribution in [2.75, 3.05) is 20.3 Å². The van der Waals surface area contributed by atoms with Crippen molar-refractivity contribution in [3.8, 4) is 11.5 Å². The lowest BCUT2D eigenvalue weighted by Gasteiger charge is -2.34. The summed E-state index contributed by atoms with van der Waals surface area (Å²) in [6.07, 6.45) is 0. The number of esters is 1. The van der Waals surface area contributed by atoms with Crippen molar-refractivity contribution in [1.29, 1.82) is 0 Å². The van der Waals surface area contributed by atoms with Crippen LogP contribution in [0.1, 0.15) is 11.6 Å². The van der Waals surface area contributed by atoms with Gasteiger partial charge in [-0.3, -0.25) is 4.79 Å². The van der Waals surface area contributed by atoms with Crippen molar-refractivity contribution in [2.45, 2.75) is 6.04 Å². The first kappa shape index (κ1) is 19.7. The number of ether oxygens (including phenoxy) is 3. The summed E-state index contributed by atoms with van der Waals surface area (Å²) in [5.74, 6) is 0.434. The Labute approximate surface area is 169 Å².